The molecular weight excluding hydrogens is 201 g/mol. The van der Waals surface area contributed by atoms with Crippen molar-refractivity contribution in [3.63, 3.8) is 0 Å². The van der Waals surface area contributed by atoms with Crippen LogP contribution in [0.2, 0.25) is 0 Å². The summed E-state index contributed by atoms with van der Waals surface area (Å²) in [7, 11) is -4.67. The first kappa shape index (κ1) is 22.6. The quantitative estimate of drug-likeness (QED) is 0.326. The van der Waals surface area contributed by atoms with E-state index in [1.54, 1.807) is 0 Å². The molecule has 0 bridgehead atoms. The second kappa shape index (κ2) is 10.7. The molecule has 0 aromatic carbocycles. The summed E-state index contributed by atoms with van der Waals surface area (Å²) in [5.74, 6) is 0. The van der Waals surface area contributed by atoms with Crippen LogP contribution < -0.4 is 0 Å². The SMILES string of the molecule is O=S(=O)(O)O.[AlH3].[KH].[KH]. The van der Waals surface area contributed by atoms with Gasteiger partial charge in [-0.2, -0.15) is 8.42 Å². The fraction of sp³-hybridized carbons (Fsp3) is 0. The first-order valence-electron chi connectivity index (χ1n) is 0.698. The normalized spacial score (nSPS) is 7.25. The van der Waals surface area contributed by atoms with Crippen molar-refractivity contribution in [2.75, 3.05) is 0 Å². The standard InChI is InChI=1S/Al.2K.H2O4S.5H/c;;;1-5(2,3)4;;;;;/h;;;(H2,1,2,3,4);;;;;. The van der Waals surface area contributed by atoms with E-state index in [0.717, 1.165) is 0 Å². The molecule has 0 saturated heterocycles. The molecule has 0 unspecified atom stereocenters. The van der Waals surface area contributed by atoms with Crippen molar-refractivity contribution in [2.45, 2.75) is 0 Å². The van der Waals surface area contributed by atoms with Gasteiger partial charge in [0.05, 0.1) is 0 Å². The van der Waals surface area contributed by atoms with E-state index < -0.39 is 10.4 Å². The van der Waals surface area contributed by atoms with Crippen LogP contribution in [0.5, 0.6) is 0 Å². The summed E-state index contributed by atoms with van der Waals surface area (Å²) in [5, 5.41) is 0. The molecule has 0 atom stereocenters. The van der Waals surface area contributed by atoms with Crippen molar-refractivity contribution in [1.82, 2.24) is 0 Å². The minimum atomic E-state index is -4.67. The predicted molar refractivity (Wildman–Crippen MR) is 38.4 cm³/mol. The molecule has 0 aromatic rings. The molecule has 0 spiro atoms. The molecule has 8 heteroatoms. The monoisotopic (exact) mass is 208 g/mol. The Hall–Kier alpha value is 3.68. The van der Waals surface area contributed by atoms with Crippen LogP contribution in [-0.2, 0) is 10.4 Å². The van der Waals surface area contributed by atoms with Crippen molar-refractivity contribution in [2.24, 2.45) is 0 Å². The summed E-state index contributed by atoms with van der Waals surface area (Å²) in [6, 6.07) is 0. The molecule has 8 heavy (non-hydrogen) atoms. The molecule has 42 valence electrons. The fourth-order valence-corrected chi connectivity index (χ4v) is 0. The molecule has 4 nitrogen and oxygen atoms in total. The molecule has 0 radical (unpaired) electrons. The van der Waals surface area contributed by atoms with E-state index in [-0.39, 0.29) is 120 Å². The van der Waals surface area contributed by atoms with E-state index in [2.05, 4.69) is 0 Å². The molecular formula is H7AlK2O4S. The van der Waals surface area contributed by atoms with Gasteiger partial charge in [0, 0.05) is 0 Å². The summed E-state index contributed by atoms with van der Waals surface area (Å²) in [5.41, 5.74) is 0. The van der Waals surface area contributed by atoms with Crippen LogP contribution >= 0.6 is 0 Å². The molecule has 0 aliphatic heterocycles. The van der Waals surface area contributed by atoms with E-state index in [1.165, 1.54) is 0 Å². The minimum absolute atomic E-state index is 0. The van der Waals surface area contributed by atoms with Gasteiger partial charge in [-0.1, -0.05) is 0 Å². The van der Waals surface area contributed by atoms with Gasteiger partial charge in [-0.05, 0) is 0 Å². The number of rotatable bonds is 0. The summed E-state index contributed by atoms with van der Waals surface area (Å²) in [6.07, 6.45) is 0. The molecule has 0 aromatic heterocycles. The summed E-state index contributed by atoms with van der Waals surface area (Å²) >= 11 is 0. The van der Waals surface area contributed by atoms with Crippen LogP contribution in [-0.4, -0.2) is 138 Å². The van der Waals surface area contributed by atoms with Gasteiger partial charge in [-0.3, -0.25) is 9.11 Å². The van der Waals surface area contributed by atoms with Crippen LogP contribution in [0, 0.1) is 0 Å². The van der Waals surface area contributed by atoms with Gasteiger partial charge in [0.2, 0.25) is 0 Å². The average Bonchev–Trinajstić information content (AvgIpc) is 0.722. The number of hydrogen-bond acceptors (Lipinski definition) is 2. The van der Waals surface area contributed by atoms with Crippen molar-refractivity contribution in [3.8, 4) is 0 Å². The van der Waals surface area contributed by atoms with E-state index in [1.807, 2.05) is 0 Å². The maximum atomic E-state index is 8.74. The van der Waals surface area contributed by atoms with Crippen molar-refractivity contribution < 1.29 is 17.5 Å². The Balaban J connectivity index is -0.0000000267. The van der Waals surface area contributed by atoms with Gasteiger partial charge in [0.25, 0.3) is 0 Å². The fourth-order valence-electron chi connectivity index (χ4n) is 0. The molecule has 2 N–H and O–H groups in total. The van der Waals surface area contributed by atoms with E-state index >= 15 is 0 Å². The van der Waals surface area contributed by atoms with E-state index in [0.29, 0.717) is 0 Å². The zero-order chi connectivity index (χ0) is 4.50. The Morgan fingerprint density at radius 2 is 1.00 bits per heavy atom. The van der Waals surface area contributed by atoms with Crippen LogP contribution in [0.3, 0.4) is 0 Å². The van der Waals surface area contributed by atoms with Crippen LogP contribution in [0.25, 0.3) is 0 Å². The predicted octanol–water partition coefficient (Wildman–Crippen LogP) is -3.13. The molecule has 0 heterocycles. The van der Waals surface area contributed by atoms with Crippen LogP contribution in [0.4, 0.5) is 0 Å². The Bertz CT molecular complexity index is 97.2. The molecule has 0 aliphatic carbocycles. The van der Waals surface area contributed by atoms with Gasteiger partial charge in [0.15, 0.2) is 17.4 Å². The van der Waals surface area contributed by atoms with Crippen LogP contribution in [0.15, 0.2) is 0 Å². The van der Waals surface area contributed by atoms with Gasteiger partial charge >= 0.3 is 113 Å². The summed E-state index contributed by atoms with van der Waals surface area (Å²) in [4.78, 5) is 0. The molecule has 0 rings (SSSR count). The van der Waals surface area contributed by atoms with Crippen molar-refractivity contribution >= 4 is 131 Å². The first-order chi connectivity index (χ1) is 2.00. The van der Waals surface area contributed by atoms with Gasteiger partial charge in [-0.15, -0.1) is 0 Å². The van der Waals surface area contributed by atoms with Gasteiger partial charge in [0.1, 0.15) is 0 Å². The van der Waals surface area contributed by atoms with E-state index in [9.17, 15) is 0 Å². The molecule has 0 fully saturated rings. The zero-order valence-corrected chi connectivity index (χ0v) is 2.94. The average molecular weight is 208 g/mol. The summed E-state index contributed by atoms with van der Waals surface area (Å²) in [6.45, 7) is 0. The Morgan fingerprint density at radius 3 is 1.00 bits per heavy atom. The third-order valence-electron chi connectivity index (χ3n) is 0. The Labute approximate surface area is 144 Å². The van der Waals surface area contributed by atoms with Crippen molar-refractivity contribution in [1.29, 1.82) is 0 Å². The Morgan fingerprint density at radius 1 is 1.00 bits per heavy atom. The third-order valence-corrected chi connectivity index (χ3v) is 0. The van der Waals surface area contributed by atoms with Gasteiger partial charge in [-0.25, -0.2) is 0 Å². The van der Waals surface area contributed by atoms with E-state index in [4.69, 9.17) is 17.5 Å². The second-order valence-corrected chi connectivity index (χ2v) is 1.34. The second-order valence-electron chi connectivity index (χ2n) is 0.448. The zero-order valence-electron chi connectivity index (χ0n) is 2.12. The third kappa shape index (κ3) is 53.9. The Kier molecular flexibility index (Phi) is 30.1. The summed E-state index contributed by atoms with van der Waals surface area (Å²) < 4.78 is 31.6. The molecule has 0 aliphatic rings. The first-order valence-corrected chi connectivity index (χ1v) is 2.10. The maximum absolute atomic E-state index is 8.74. The molecule has 0 amide bonds. The molecule has 0 saturated carbocycles. The topological polar surface area (TPSA) is 74.6 Å². The number of hydrogen-bond donors (Lipinski definition) is 2. The van der Waals surface area contributed by atoms with Gasteiger partial charge < -0.3 is 0 Å². The van der Waals surface area contributed by atoms with Crippen LogP contribution in [0.1, 0.15) is 0 Å². The van der Waals surface area contributed by atoms with Crippen molar-refractivity contribution in [3.05, 3.63) is 0 Å².